The van der Waals surface area contributed by atoms with E-state index in [4.69, 9.17) is 16.7 Å². The molecule has 0 aliphatic heterocycles. The molecule has 0 heterocycles. The molecule has 0 aromatic heterocycles. The summed E-state index contributed by atoms with van der Waals surface area (Å²) in [6.07, 6.45) is -0.631. The van der Waals surface area contributed by atoms with Crippen molar-refractivity contribution in [3.05, 3.63) is 76.8 Å². The van der Waals surface area contributed by atoms with Crippen molar-refractivity contribution in [3.63, 3.8) is 0 Å². The molecule has 0 bridgehead atoms. The third-order valence-electron chi connectivity index (χ3n) is 4.62. The van der Waals surface area contributed by atoms with Gasteiger partial charge in [0.15, 0.2) is 0 Å². The third-order valence-corrected chi connectivity index (χ3v) is 4.85. The summed E-state index contributed by atoms with van der Waals surface area (Å²) >= 11 is 5.97. The highest BCUT2D eigenvalue weighted by Gasteiger charge is 2.11. The summed E-state index contributed by atoms with van der Waals surface area (Å²) in [6, 6.07) is 18.2. The topological polar surface area (TPSA) is 81.6 Å². The zero-order chi connectivity index (χ0) is 20.1. The molecule has 3 aromatic carbocycles. The quantitative estimate of drug-likeness (QED) is 0.454. The molecule has 5 nitrogen and oxygen atoms in total. The molecule has 4 N–H and O–H groups in total. The van der Waals surface area contributed by atoms with Crippen molar-refractivity contribution in [1.82, 2.24) is 5.32 Å². The predicted octanol–water partition coefficient (Wildman–Crippen LogP) is 4.32. The second-order valence-corrected chi connectivity index (χ2v) is 7.24. The summed E-state index contributed by atoms with van der Waals surface area (Å²) in [5.41, 5.74) is 2.00. The molecule has 0 aliphatic rings. The van der Waals surface area contributed by atoms with Gasteiger partial charge >= 0.3 is 5.97 Å². The van der Waals surface area contributed by atoms with Crippen LogP contribution in [0.4, 0.5) is 5.69 Å². The van der Waals surface area contributed by atoms with Gasteiger partial charge in [-0.2, -0.15) is 0 Å². The molecule has 0 saturated carbocycles. The standard InChI is InChI=1S/C22H23ClN2O3/c1-14(24-13-21(26)16-5-2-6-18(23)11-16)12-25-20-7-3-4-15-10-17(22(27)28)8-9-19(15)20/h2-11,14,21,24-26H,12-13H2,1H3,(H,27,28)/t14-,21+/m1/s1. The van der Waals surface area contributed by atoms with E-state index >= 15 is 0 Å². The number of hydrogen-bond donors (Lipinski definition) is 4. The number of hydrogen-bond acceptors (Lipinski definition) is 4. The van der Waals surface area contributed by atoms with Crippen LogP contribution in [0, 0.1) is 0 Å². The lowest BCUT2D eigenvalue weighted by molar-refractivity contribution is 0.0697. The summed E-state index contributed by atoms with van der Waals surface area (Å²) < 4.78 is 0. The van der Waals surface area contributed by atoms with Crippen LogP contribution in [0.5, 0.6) is 0 Å². The van der Waals surface area contributed by atoms with Crippen LogP contribution in [0.15, 0.2) is 60.7 Å². The van der Waals surface area contributed by atoms with Crippen LogP contribution in [-0.4, -0.2) is 35.3 Å². The molecule has 0 aliphatic carbocycles. The van der Waals surface area contributed by atoms with Crippen LogP contribution in [0.3, 0.4) is 0 Å². The van der Waals surface area contributed by atoms with Crippen molar-refractivity contribution in [2.45, 2.75) is 19.1 Å². The van der Waals surface area contributed by atoms with Gasteiger partial charge in [0.1, 0.15) is 0 Å². The van der Waals surface area contributed by atoms with Crippen LogP contribution in [0.25, 0.3) is 10.8 Å². The fraction of sp³-hybridized carbons (Fsp3) is 0.227. The van der Waals surface area contributed by atoms with E-state index in [1.165, 1.54) is 0 Å². The highest BCUT2D eigenvalue weighted by Crippen LogP contribution is 2.24. The number of fused-ring (bicyclic) bond motifs is 1. The molecule has 0 saturated heterocycles. The van der Waals surface area contributed by atoms with Gasteiger partial charge in [-0.25, -0.2) is 4.79 Å². The van der Waals surface area contributed by atoms with Gasteiger partial charge in [-0.15, -0.1) is 0 Å². The average Bonchev–Trinajstić information content (AvgIpc) is 2.69. The lowest BCUT2D eigenvalue weighted by atomic mass is 10.1. The van der Waals surface area contributed by atoms with Crippen LogP contribution >= 0.6 is 11.6 Å². The largest absolute Gasteiger partial charge is 0.478 e. The zero-order valence-electron chi connectivity index (χ0n) is 15.5. The second-order valence-electron chi connectivity index (χ2n) is 6.81. The monoisotopic (exact) mass is 398 g/mol. The van der Waals surface area contributed by atoms with E-state index in [2.05, 4.69) is 10.6 Å². The Labute approximate surface area is 169 Å². The van der Waals surface area contributed by atoms with E-state index in [9.17, 15) is 9.90 Å². The minimum atomic E-state index is -0.934. The van der Waals surface area contributed by atoms with Crippen LogP contribution in [0.2, 0.25) is 5.02 Å². The molecule has 2 atom stereocenters. The molecule has 0 amide bonds. The number of aliphatic hydroxyl groups is 1. The van der Waals surface area contributed by atoms with E-state index in [1.807, 2.05) is 43.3 Å². The molecule has 146 valence electrons. The normalized spacial score (nSPS) is 13.2. The van der Waals surface area contributed by atoms with Crippen molar-refractivity contribution in [1.29, 1.82) is 0 Å². The third kappa shape index (κ3) is 5.01. The maximum Gasteiger partial charge on any atom is 0.335 e. The number of halogens is 1. The lowest BCUT2D eigenvalue weighted by Gasteiger charge is -2.19. The van der Waals surface area contributed by atoms with Gasteiger partial charge in [-0.05, 0) is 48.2 Å². The molecule has 6 heteroatoms. The number of anilines is 1. The van der Waals surface area contributed by atoms with Crippen LogP contribution in [0.1, 0.15) is 28.9 Å². The summed E-state index contributed by atoms with van der Waals surface area (Å²) in [6.45, 7) is 3.11. The van der Waals surface area contributed by atoms with Gasteiger partial charge in [0.25, 0.3) is 0 Å². The molecule has 3 rings (SSSR count). The predicted molar refractivity (Wildman–Crippen MR) is 113 cm³/mol. The summed E-state index contributed by atoms with van der Waals surface area (Å²) in [4.78, 5) is 11.1. The molecule has 0 fully saturated rings. The van der Waals surface area contributed by atoms with Crippen molar-refractivity contribution < 1.29 is 15.0 Å². The summed E-state index contributed by atoms with van der Waals surface area (Å²) in [5, 5.41) is 28.6. The molecule has 28 heavy (non-hydrogen) atoms. The summed E-state index contributed by atoms with van der Waals surface area (Å²) in [7, 11) is 0. The molecule has 0 radical (unpaired) electrons. The number of carboxylic acid groups (broad SMARTS) is 1. The molecule has 0 spiro atoms. The SMILES string of the molecule is C[C@H](CNc1cccc2cc(C(=O)O)ccc12)NC[C@H](O)c1cccc(Cl)c1. The number of nitrogens with one attached hydrogen (secondary N) is 2. The van der Waals surface area contributed by atoms with E-state index in [0.717, 1.165) is 22.0 Å². The Morgan fingerprint density at radius 3 is 2.61 bits per heavy atom. The number of aromatic carboxylic acids is 1. The van der Waals surface area contributed by atoms with Gasteiger partial charge in [0.05, 0.1) is 11.7 Å². The number of benzene rings is 3. The highest BCUT2D eigenvalue weighted by molar-refractivity contribution is 6.30. The number of carboxylic acids is 1. The Balaban J connectivity index is 1.58. The first-order chi connectivity index (χ1) is 13.4. The first-order valence-electron chi connectivity index (χ1n) is 9.11. The summed E-state index contributed by atoms with van der Waals surface area (Å²) in [5.74, 6) is -0.934. The Bertz CT molecular complexity index is 977. The van der Waals surface area contributed by atoms with E-state index in [-0.39, 0.29) is 11.6 Å². The first-order valence-corrected chi connectivity index (χ1v) is 9.48. The van der Waals surface area contributed by atoms with Gasteiger partial charge in [-0.1, -0.05) is 41.9 Å². The van der Waals surface area contributed by atoms with Crippen LogP contribution in [-0.2, 0) is 0 Å². The molecule has 0 unspecified atom stereocenters. The fourth-order valence-corrected chi connectivity index (χ4v) is 3.25. The van der Waals surface area contributed by atoms with Crippen LogP contribution < -0.4 is 10.6 Å². The smallest absolute Gasteiger partial charge is 0.335 e. The van der Waals surface area contributed by atoms with Gasteiger partial charge < -0.3 is 20.8 Å². The fourth-order valence-electron chi connectivity index (χ4n) is 3.05. The van der Waals surface area contributed by atoms with Crippen molar-refractivity contribution >= 4 is 34.0 Å². The minimum absolute atomic E-state index is 0.113. The minimum Gasteiger partial charge on any atom is -0.478 e. The highest BCUT2D eigenvalue weighted by atomic mass is 35.5. The second kappa shape index (κ2) is 9.06. The van der Waals surface area contributed by atoms with Crippen molar-refractivity contribution in [2.24, 2.45) is 0 Å². The Hall–Kier alpha value is -2.60. The van der Waals surface area contributed by atoms with Crippen molar-refractivity contribution in [2.75, 3.05) is 18.4 Å². The average molecular weight is 399 g/mol. The molecular formula is C22H23ClN2O3. The Kier molecular flexibility index (Phi) is 6.52. The van der Waals surface area contributed by atoms with Crippen molar-refractivity contribution in [3.8, 4) is 0 Å². The Morgan fingerprint density at radius 1 is 1.07 bits per heavy atom. The molecule has 3 aromatic rings. The molecular weight excluding hydrogens is 376 g/mol. The number of carbonyl (C=O) groups is 1. The number of aliphatic hydroxyl groups excluding tert-OH is 1. The number of rotatable bonds is 8. The van der Waals surface area contributed by atoms with E-state index in [1.54, 1.807) is 24.3 Å². The van der Waals surface area contributed by atoms with E-state index in [0.29, 0.717) is 18.1 Å². The maximum atomic E-state index is 11.1. The van der Waals surface area contributed by atoms with Gasteiger partial charge in [-0.3, -0.25) is 0 Å². The van der Waals surface area contributed by atoms with Gasteiger partial charge in [0, 0.05) is 35.2 Å². The maximum absolute atomic E-state index is 11.1. The first kappa shape index (κ1) is 20.1. The van der Waals surface area contributed by atoms with E-state index < -0.39 is 12.1 Å². The lowest BCUT2D eigenvalue weighted by Crippen LogP contribution is -2.35. The van der Waals surface area contributed by atoms with Gasteiger partial charge in [0.2, 0.25) is 0 Å². The zero-order valence-corrected chi connectivity index (χ0v) is 16.3. The Morgan fingerprint density at radius 2 is 1.86 bits per heavy atom.